The summed E-state index contributed by atoms with van der Waals surface area (Å²) in [5.41, 5.74) is 1.10. The molecule has 2 unspecified atom stereocenters. The van der Waals surface area contributed by atoms with E-state index < -0.39 is 0 Å². The summed E-state index contributed by atoms with van der Waals surface area (Å²) in [4.78, 5) is 0. The van der Waals surface area contributed by atoms with E-state index in [1.54, 1.807) is 6.26 Å². The highest BCUT2D eigenvalue weighted by Crippen LogP contribution is 2.15. The van der Waals surface area contributed by atoms with Gasteiger partial charge in [-0.3, -0.25) is 0 Å². The summed E-state index contributed by atoms with van der Waals surface area (Å²) in [5, 5.41) is 3.51. The number of aryl methyl sites for hydroxylation is 1. The Morgan fingerprint density at radius 3 is 2.53 bits per heavy atom. The second-order valence-corrected chi connectivity index (χ2v) is 4.96. The first-order chi connectivity index (χ1) is 9.15. The van der Waals surface area contributed by atoms with Crippen molar-refractivity contribution < 1.29 is 8.81 Å². The summed E-state index contributed by atoms with van der Waals surface area (Å²) >= 11 is 0. The molecule has 0 bridgehead atoms. The Hall–Kier alpha value is -1.61. The SMILES string of the molecule is CC(CCc1ccco1)NC(C)c1ccc(F)cc1. The predicted octanol–water partition coefficient (Wildman–Crippen LogP) is 4.09. The van der Waals surface area contributed by atoms with Gasteiger partial charge in [-0.2, -0.15) is 0 Å². The maximum Gasteiger partial charge on any atom is 0.123 e. The van der Waals surface area contributed by atoms with Gasteiger partial charge in [-0.25, -0.2) is 4.39 Å². The van der Waals surface area contributed by atoms with E-state index in [9.17, 15) is 4.39 Å². The summed E-state index contributed by atoms with van der Waals surface area (Å²) in [7, 11) is 0. The molecule has 1 heterocycles. The number of hydrogen-bond acceptors (Lipinski definition) is 2. The van der Waals surface area contributed by atoms with E-state index in [1.165, 1.54) is 12.1 Å². The normalized spacial score (nSPS) is 14.3. The fourth-order valence-corrected chi connectivity index (χ4v) is 2.17. The summed E-state index contributed by atoms with van der Waals surface area (Å²) < 4.78 is 18.2. The van der Waals surface area contributed by atoms with Crippen molar-refractivity contribution in [2.24, 2.45) is 0 Å². The minimum atomic E-state index is -0.193. The van der Waals surface area contributed by atoms with Gasteiger partial charge in [0, 0.05) is 18.5 Å². The van der Waals surface area contributed by atoms with Gasteiger partial charge in [0.05, 0.1) is 6.26 Å². The maximum absolute atomic E-state index is 12.9. The molecule has 0 aliphatic rings. The molecule has 2 aromatic rings. The van der Waals surface area contributed by atoms with Crippen molar-refractivity contribution in [1.29, 1.82) is 0 Å². The molecule has 0 saturated carbocycles. The quantitative estimate of drug-likeness (QED) is 0.847. The molecular weight excluding hydrogens is 241 g/mol. The van der Waals surface area contributed by atoms with Crippen LogP contribution in [0.5, 0.6) is 0 Å². The Morgan fingerprint density at radius 2 is 1.89 bits per heavy atom. The molecule has 0 fully saturated rings. The molecule has 0 spiro atoms. The number of benzene rings is 1. The van der Waals surface area contributed by atoms with Gasteiger partial charge >= 0.3 is 0 Å². The molecule has 1 N–H and O–H groups in total. The third-order valence-corrected chi connectivity index (χ3v) is 3.31. The van der Waals surface area contributed by atoms with Crippen molar-refractivity contribution in [3.63, 3.8) is 0 Å². The lowest BCUT2D eigenvalue weighted by molar-refractivity contribution is 0.430. The van der Waals surface area contributed by atoms with Crippen LogP contribution in [0.1, 0.15) is 37.6 Å². The van der Waals surface area contributed by atoms with Crippen LogP contribution in [0, 0.1) is 5.82 Å². The first-order valence-corrected chi connectivity index (χ1v) is 6.69. The lowest BCUT2D eigenvalue weighted by atomic mass is 10.1. The van der Waals surface area contributed by atoms with Crippen LogP contribution in [0.3, 0.4) is 0 Å². The summed E-state index contributed by atoms with van der Waals surface area (Å²) in [6.45, 7) is 4.25. The van der Waals surface area contributed by atoms with Crippen molar-refractivity contribution >= 4 is 0 Å². The van der Waals surface area contributed by atoms with Crippen molar-refractivity contribution in [3.05, 3.63) is 59.8 Å². The number of furan rings is 1. The van der Waals surface area contributed by atoms with E-state index in [0.717, 1.165) is 24.2 Å². The largest absolute Gasteiger partial charge is 0.469 e. The minimum Gasteiger partial charge on any atom is -0.469 e. The van der Waals surface area contributed by atoms with Crippen molar-refractivity contribution in [1.82, 2.24) is 5.32 Å². The zero-order valence-electron chi connectivity index (χ0n) is 11.4. The summed E-state index contributed by atoms with van der Waals surface area (Å²) in [6.07, 6.45) is 3.64. The fourth-order valence-electron chi connectivity index (χ4n) is 2.17. The molecule has 102 valence electrons. The van der Waals surface area contributed by atoms with Crippen molar-refractivity contribution in [2.75, 3.05) is 0 Å². The molecular formula is C16H20FNO. The highest BCUT2D eigenvalue weighted by molar-refractivity contribution is 5.19. The second kappa shape index (κ2) is 6.53. The average molecular weight is 261 g/mol. The Morgan fingerprint density at radius 1 is 1.16 bits per heavy atom. The van der Waals surface area contributed by atoms with Crippen LogP contribution in [0.4, 0.5) is 4.39 Å². The molecule has 0 saturated heterocycles. The van der Waals surface area contributed by atoms with E-state index in [1.807, 2.05) is 24.3 Å². The highest BCUT2D eigenvalue weighted by atomic mass is 19.1. The molecule has 0 amide bonds. The molecule has 3 heteroatoms. The van der Waals surface area contributed by atoms with Crippen LogP contribution in [0.15, 0.2) is 47.1 Å². The highest BCUT2D eigenvalue weighted by Gasteiger charge is 2.10. The molecule has 2 rings (SSSR count). The van der Waals surface area contributed by atoms with E-state index >= 15 is 0 Å². The van der Waals surface area contributed by atoms with Crippen LogP contribution in [-0.2, 0) is 6.42 Å². The van der Waals surface area contributed by atoms with Crippen molar-refractivity contribution in [2.45, 2.75) is 38.8 Å². The Kier molecular flexibility index (Phi) is 4.74. The summed E-state index contributed by atoms with van der Waals surface area (Å²) in [5.74, 6) is 0.824. The van der Waals surface area contributed by atoms with Crippen LogP contribution < -0.4 is 5.32 Å². The topological polar surface area (TPSA) is 25.2 Å². The third-order valence-electron chi connectivity index (χ3n) is 3.31. The first kappa shape index (κ1) is 13.8. The molecule has 0 aliphatic carbocycles. The number of hydrogen-bond donors (Lipinski definition) is 1. The van der Waals surface area contributed by atoms with Gasteiger partial charge in [-0.15, -0.1) is 0 Å². The molecule has 1 aromatic heterocycles. The second-order valence-electron chi connectivity index (χ2n) is 4.96. The number of halogens is 1. The monoisotopic (exact) mass is 261 g/mol. The molecule has 2 atom stereocenters. The number of rotatable bonds is 6. The van der Waals surface area contributed by atoms with Crippen LogP contribution in [-0.4, -0.2) is 6.04 Å². The van der Waals surface area contributed by atoms with E-state index in [4.69, 9.17) is 4.42 Å². The standard InChI is InChI=1S/C16H20FNO/c1-12(5-10-16-4-3-11-19-16)18-13(2)14-6-8-15(17)9-7-14/h3-4,6-9,11-13,18H,5,10H2,1-2H3. The smallest absolute Gasteiger partial charge is 0.123 e. The first-order valence-electron chi connectivity index (χ1n) is 6.69. The van der Waals surface area contributed by atoms with Crippen LogP contribution in [0.25, 0.3) is 0 Å². The molecule has 2 nitrogen and oxygen atoms in total. The zero-order valence-corrected chi connectivity index (χ0v) is 11.4. The van der Waals surface area contributed by atoms with Gasteiger partial charge < -0.3 is 9.73 Å². The summed E-state index contributed by atoms with van der Waals surface area (Å²) in [6, 6.07) is 11.2. The molecule has 0 aliphatic heterocycles. The van der Waals surface area contributed by atoms with E-state index in [-0.39, 0.29) is 11.9 Å². The lowest BCUT2D eigenvalue weighted by Crippen LogP contribution is -2.29. The maximum atomic E-state index is 12.9. The predicted molar refractivity (Wildman–Crippen MR) is 74.4 cm³/mol. The van der Waals surface area contributed by atoms with Gasteiger partial charge in [-0.1, -0.05) is 12.1 Å². The Labute approximate surface area is 113 Å². The van der Waals surface area contributed by atoms with Gasteiger partial charge in [0.15, 0.2) is 0 Å². The zero-order chi connectivity index (χ0) is 13.7. The Bertz CT molecular complexity index is 478. The molecule has 19 heavy (non-hydrogen) atoms. The van der Waals surface area contributed by atoms with E-state index in [0.29, 0.717) is 6.04 Å². The van der Waals surface area contributed by atoms with Gasteiger partial charge in [-0.05, 0) is 50.1 Å². The van der Waals surface area contributed by atoms with Gasteiger partial charge in [0.25, 0.3) is 0 Å². The van der Waals surface area contributed by atoms with Crippen LogP contribution >= 0.6 is 0 Å². The van der Waals surface area contributed by atoms with Crippen molar-refractivity contribution in [3.8, 4) is 0 Å². The molecule has 0 radical (unpaired) electrons. The third kappa shape index (κ3) is 4.21. The minimum absolute atomic E-state index is 0.193. The van der Waals surface area contributed by atoms with Crippen LogP contribution in [0.2, 0.25) is 0 Å². The Balaban J connectivity index is 1.81. The lowest BCUT2D eigenvalue weighted by Gasteiger charge is -2.20. The average Bonchev–Trinajstić information content (AvgIpc) is 2.90. The van der Waals surface area contributed by atoms with Gasteiger partial charge in [0.1, 0.15) is 11.6 Å². The van der Waals surface area contributed by atoms with E-state index in [2.05, 4.69) is 19.2 Å². The number of nitrogens with one attached hydrogen (secondary N) is 1. The fraction of sp³-hybridized carbons (Fsp3) is 0.375. The molecule has 1 aromatic carbocycles. The van der Waals surface area contributed by atoms with Gasteiger partial charge in [0.2, 0.25) is 0 Å².